The maximum atomic E-state index is 12.0. The summed E-state index contributed by atoms with van der Waals surface area (Å²) in [6.45, 7) is 4.10. The highest BCUT2D eigenvalue weighted by Crippen LogP contribution is 2.30. The van der Waals surface area contributed by atoms with Gasteiger partial charge in [0.05, 0.1) is 5.69 Å². The van der Waals surface area contributed by atoms with Crippen molar-refractivity contribution in [2.24, 2.45) is 5.92 Å². The summed E-state index contributed by atoms with van der Waals surface area (Å²) in [6, 6.07) is 7.61. The number of carbonyl (C=O) groups excluding carboxylic acids is 1. The molecule has 0 aliphatic heterocycles. The molecule has 3 rings (SSSR count). The van der Waals surface area contributed by atoms with Gasteiger partial charge >= 0.3 is 0 Å². The normalized spacial score (nSPS) is 16.9. The molecule has 1 unspecified atom stereocenters. The topological polar surface area (TPSA) is 64.4 Å². The van der Waals surface area contributed by atoms with Crippen LogP contribution in [0.5, 0.6) is 5.75 Å². The van der Waals surface area contributed by atoms with E-state index in [1.54, 1.807) is 0 Å². The van der Waals surface area contributed by atoms with Gasteiger partial charge < -0.3 is 9.26 Å². The number of aromatic nitrogens is 1. The fourth-order valence-corrected chi connectivity index (χ4v) is 2.71. The Morgan fingerprint density at radius 2 is 2.27 bits per heavy atom. The highest BCUT2D eigenvalue weighted by atomic mass is 16.5. The lowest BCUT2D eigenvalue weighted by molar-refractivity contribution is -0.118. The van der Waals surface area contributed by atoms with Gasteiger partial charge in [-0.2, -0.15) is 0 Å². The monoisotopic (exact) mass is 300 g/mol. The molecule has 0 spiro atoms. The number of hydrogen-bond acceptors (Lipinski definition) is 4. The number of anilines is 1. The van der Waals surface area contributed by atoms with Crippen LogP contribution in [-0.2, 0) is 17.6 Å². The Balaban J connectivity index is 1.61. The van der Waals surface area contributed by atoms with Gasteiger partial charge in [-0.15, -0.1) is 0 Å². The number of fused-ring (bicyclic) bond motifs is 1. The molecule has 5 heteroatoms. The van der Waals surface area contributed by atoms with E-state index in [0.717, 1.165) is 36.1 Å². The van der Waals surface area contributed by atoms with Crippen molar-refractivity contribution in [2.45, 2.75) is 33.1 Å². The van der Waals surface area contributed by atoms with Crippen molar-refractivity contribution < 1.29 is 14.1 Å². The Labute approximate surface area is 129 Å². The molecular formula is C17H20N2O3. The zero-order valence-electron chi connectivity index (χ0n) is 12.9. The van der Waals surface area contributed by atoms with E-state index < -0.39 is 0 Å². The molecule has 0 radical (unpaired) electrons. The summed E-state index contributed by atoms with van der Waals surface area (Å²) in [5, 5.41) is 6.81. The van der Waals surface area contributed by atoms with Gasteiger partial charge in [-0.25, -0.2) is 0 Å². The minimum Gasteiger partial charge on any atom is -0.483 e. The van der Waals surface area contributed by atoms with Crippen molar-refractivity contribution in [2.75, 3.05) is 11.9 Å². The number of ether oxygens (including phenoxy) is 1. The number of hydrogen-bond donors (Lipinski definition) is 1. The second kappa shape index (κ2) is 6.22. The summed E-state index contributed by atoms with van der Waals surface area (Å²) < 4.78 is 10.8. The number of rotatable bonds is 4. The SMILES string of the molecule is Cc1ccccc1OCC(=O)Nc1onc2c1CC(C)CC2. The van der Waals surface area contributed by atoms with Gasteiger partial charge in [-0.05, 0) is 43.7 Å². The zero-order valence-corrected chi connectivity index (χ0v) is 12.9. The van der Waals surface area contributed by atoms with Gasteiger partial charge in [0.2, 0.25) is 5.88 Å². The van der Waals surface area contributed by atoms with Gasteiger partial charge in [0.25, 0.3) is 5.91 Å². The van der Waals surface area contributed by atoms with Crippen molar-refractivity contribution in [3.63, 3.8) is 0 Å². The molecule has 2 aromatic rings. The van der Waals surface area contributed by atoms with E-state index in [2.05, 4.69) is 17.4 Å². The molecule has 1 aromatic carbocycles. The molecule has 1 atom stereocenters. The second-order valence-corrected chi connectivity index (χ2v) is 5.89. The van der Waals surface area contributed by atoms with E-state index in [1.807, 2.05) is 31.2 Å². The van der Waals surface area contributed by atoms with Crippen LogP contribution in [0.4, 0.5) is 5.88 Å². The molecule has 116 valence electrons. The molecule has 0 saturated carbocycles. The van der Waals surface area contributed by atoms with Crippen LogP contribution in [0.15, 0.2) is 28.8 Å². The summed E-state index contributed by atoms with van der Waals surface area (Å²) in [7, 11) is 0. The van der Waals surface area contributed by atoms with Crippen LogP contribution in [0.25, 0.3) is 0 Å². The molecule has 0 fully saturated rings. The first-order valence-corrected chi connectivity index (χ1v) is 7.59. The molecule has 1 aliphatic rings. The Hall–Kier alpha value is -2.30. The molecule has 1 heterocycles. The average molecular weight is 300 g/mol. The number of nitrogens with zero attached hydrogens (tertiary/aromatic N) is 1. The van der Waals surface area contributed by atoms with Crippen molar-refractivity contribution in [1.29, 1.82) is 0 Å². The lowest BCUT2D eigenvalue weighted by Crippen LogP contribution is -2.21. The first-order chi connectivity index (χ1) is 10.6. The summed E-state index contributed by atoms with van der Waals surface area (Å²) >= 11 is 0. The molecular weight excluding hydrogens is 280 g/mol. The first-order valence-electron chi connectivity index (χ1n) is 7.59. The average Bonchev–Trinajstić information content (AvgIpc) is 2.89. The van der Waals surface area contributed by atoms with Gasteiger partial charge in [0, 0.05) is 5.56 Å². The lowest BCUT2D eigenvalue weighted by Gasteiger charge is -2.16. The van der Waals surface area contributed by atoms with E-state index in [9.17, 15) is 4.79 Å². The Kier molecular flexibility index (Phi) is 4.13. The van der Waals surface area contributed by atoms with E-state index in [4.69, 9.17) is 9.26 Å². The van der Waals surface area contributed by atoms with Crippen LogP contribution in [0.2, 0.25) is 0 Å². The summed E-state index contributed by atoms with van der Waals surface area (Å²) in [5.41, 5.74) is 3.00. The van der Waals surface area contributed by atoms with Crippen molar-refractivity contribution >= 4 is 11.8 Å². The van der Waals surface area contributed by atoms with Gasteiger partial charge in [-0.3, -0.25) is 10.1 Å². The predicted molar refractivity (Wildman–Crippen MR) is 83.0 cm³/mol. The third kappa shape index (κ3) is 3.13. The number of nitrogens with one attached hydrogen (secondary N) is 1. The maximum Gasteiger partial charge on any atom is 0.264 e. The fourth-order valence-electron chi connectivity index (χ4n) is 2.71. The minimum absolute atomic E-state index is 0.0458. The minimum atomic E-state index is -0.236. The Morgan fingerprint density at radius 3 is 3.09 bits per heavy atom. The molecule has 1 N–H and O–H groups in total. The largest absolute Gasteiger partial charge is 0.483 e. The Bertz CT molecular complexity index is 678. The summed E-state index contributed by atoms with van der Waals surface area (Å²) in [5.74, 6) is 1.54. The highest BCUT2D eigenvalue weighted by molar-refractivity contribution is 5.91. The quantitative estimate of drug-likeness (QED) is 0.942. The Morgan fingerprint density at radius 1 is 1.45 bits per heavy atom. The van der Waals surface area contributed by atoms with E-state index in [0.29, 0.717) is 17.6 Å². The van der Waals surface area contributed by atoms with Crippen LogP contribution >= 0.6 is 0 Å². The van der Waals surface area contributed by atoms with Crippen LogP contribution < -0.4 is 10.1 Å². The fraction of sp³-hybridized carbons (Fsp3) is 0.412. The number of para-hydroxylation sites is 1. The molecule has 0 saturated heterocycles. The third-order valence-corrected chi connectivity index (χ3v) is 4.00. The van der Waals surface area contributed by atoms with Crippen molar-refractivity contribution in [3.05, 3.63) is 41.1 Å². The smallest absolute Gasteiger partial charge is 0.264 e. The molecule has 5 nitrogen and oxygen atoms in total. The van der Waals surface area contributed by atoms with Crippen LogP contribution in [-0.4, -0.2) is 17.7 Å². The van der Waals surface area contributed by atoms with E-state index >= 15 is 0 Å². The molecule has 1 aromatic heterocycles. The van der Waals surface area contributed by atoms with E-state index in [1.165, 1.54) is 0 Å². The predicted octanol–water partition coefficient (Wildman–Crippen LogP) is 3.13. The third-order valence-electron chi connectivity index (χ3n) is 4.00. The number of carbonyl (C=O) groups is 1. The molecule has 0 bridgehead atoms. The van der Waals surface area contributed by atoms with Gasteiger partial charge in [-0.1, -0.05) is 30.3 Å². The lowest BCUT2D eigenvalue weighted by atomic mass is 9.89. The van der Waals surface area contributed by atoms with Crippen LogP contribution in [0.1, 0.15) is 30.2 Å². The molecule has 22 heavy (non-hydrogen) atoms. The standard InChI is InChI=1S/C17H20N2O3/c1-11-7-8-14-13(9-11)17(22-19-14)18-16(20)10-21-15-6-4-3-5-12(15)2/h3-6,11H,7-10H2,1-2H3,(H,18,20). The maximum absolute atomic E-state index is 12.0. The van der Waals surface area contributed by atoms with Crippen LogP contribution in [0.3, 0.4) is 0 Å². The van der Waals surface area contributed by atoms with Crippen molar-refractivity contribution in [3.8, 4) is 5.75 Å². The number of benzene rings is 1. The molecule has 1 aliphatic carbocycles. The number of aryl methyl sites for hydroxylation is 2. The molecule has 1 amide bonds. The summed E-state index contributed by atoms with van der Waals surface area (Å²) in [4.78, 5) is 12.0. The summed E-state index contributed by atoms with van der Waals surface area (Å²) in [6.07, 6.45) is 2.92. The second-order valence-electron chi connectivity index (χ2n) is 5.89. The number of amides is 1. The first kappa shape index (κ1) is 14.6. The van der Waals surface area contributed by atoms with Gasteiger partial charge in [0.15, 0.2) is 6.61 Å². The van der Waals surface area contributed by atoms with Gasteiger partial charge in [0.1, 0.15) is 5.75 Å². The highest BCUT2D eigenvalue weighted by Gasteiger charge is 2.24. The van der Waals surface area contributed by atoms with Crippen molar-refractivity contribution in [1.82, 2.24) is 5.16 Å². The van der Waals surface area contributed by atoms with E-state index in [-0.39, 0.29) is 12.5 Å². The zero-order chi connectivity index (χ0) is 15.5. The van der Waals surface area contributed by atoms with Crippen LogP contribution in [0, 0.1) is 12.8 Å².